The van der Waals surface area contributed by atoms with E-state index in [1.807, 2.05) is 0 Å². The van der Waals surface area contributed by atoms with Gasteiger partial charge < -0.3 is 19.3 Å². The normalized spacial score (nSPS) is 17.9. The first kappa shape index (κ1) is 26.4. The molecule has 202 valence electrons. The van der Waals surface area contributed by atoms with Gasteiger partial charge in [-0.15, -0.1) is 0 Å². The van der Waals surface area contributed by atoms with Crippen LogP contribution in [0.25, 0.3) is 5.76 Å². The van der Waals surface area contributed by atoms with Crippen LogP contribution in [0.4, 0.5) is 5.13 Å². The zero-order chi connectivity index (χ0) is 27.7. The number of aliphatic hydroxyl groups excluding tert-OH is 1. The number of Topliss-reactive ketones (excluding diaryl/α,β-unsaturated/α-hetero) is 2. The van der Waals surface area contributed by atoms with Crippen molar-refractivity contribution < 1.29 is 33.7 Å². The number of aryl methyl sites for hydroxylation is 1. The number of carbonyl (C=O) groups excluding carboxylic acids is 3. The number of ketones is 2. The summed E-state index contributed by atoms with van der Waals surface area (Å²) >= 11 is 1.04. The number of amides is 1. The molecule has 2 aliphatic heterocycles. The molecule has 3 aromatic rings. The number of hydrogen-bond donors (Lipinski definition) is 1. The van der Waals surface area contributed by atoms with Gasteiger partial charge in [-0.2, -0.15) is 0 Å². The van der Waals surface area contributed by atoms with Crippen molar-refractivity contribution in [2.45, 2.75) is 39.7 Å². The molecule has 10 heteroatoms. The number of fused-ring (bicyclic) bond motifs is 1. The molecule has 1 fully saturated rings. The van der Waals surface area contributed by atoms with Crippen molar-refractivity contribution in [3.05, 3.63) is 69.7 Å². The van der Waals surface area contributed by atoms with Gasteiger partial charge >= 0.3 is 5.91 Å². The zero-order valence-corrected chi connectivity index (χ0v) is 22.7. The molecule has 0 bridgehead atoms. The molecule has 1 saturated heterocycles. The maximum atomic E-state index is 13.5. The second kappa shape index (κ2) is 10.9. The number of ether oxygens (including phenoxy) is 3. The monoisotopic (exact) mass is 548 g/mol. The van der Waals surface area contributed by atoms with Gasteiger partial charge in [0.05, 0.1) is 28.8 Å². The van der Waals surface area contributed by atoms with Crippen LogP contribution in [-0.2, 0) is 9.59 Å². The van der Waals surface area contributed by atoms with Crippen LogP contribution in [0.2, 0.25) is 0 Å². The highest BCUT2D eigenvalue weighted by Gasteiger charge is 2.48. The molecule has 1 amide bonds. The number of aromatic nitrogens is 1. The smallest absolute Gasteiger partial charge is 0.301 e. The summed E-state index contributed by atoms with van der Waals surface area (Å²) in [5.41, 5.74) is 1.23. The first-order chi connectivity index (χ1) is 18.8. The third kappa shape index (κ3) is 4.99. The molecule has 9 nitrogen and oxygen atoms in total. The Hall–Kier alpha value is -4.18. The predicted octanol–water partition coefficient (Wildman–Crippen LogP) is 5.23. The maximum absolute atomic E-state index is 13.5. The number of hydrogen-bond acceptors (Lipinski definition) is 9. The molecular weight excluding hydrogens is 520 g/mol. The number of nitrogens with zero attached hydrogens (tertiary/aromatic N) is 2. The number of aliphatic hydroxyl groups is 1. The molecule has 0 spiro atoms. The van der Waals surface area contributed by atoms with Gasteiger partial charge in [-0.3, -0.25) is 19.3 Å². The van der Waals surface area contributed by atoms with Crippen molar-refractivity contribution in [3.8, 4) is 17.2 Å². The van der Waals surface area contributed by atoms with Crippen LogP contribution in [0.3, 0.4) is 0 Å². The Kier molecular flexibility index (Phi) is 7.38. The minimum absolute atomic E-state index is 0.0976. The first-order valence-corrected chi connectivity index (χ1v) is 13.5. The topological polar surface area (TPSA) is 115 Å². The van der Waals surface area contributed by atoms with E-state index < -0.39 is 17.7 Å². The quantitative estimate of drug-likeness (QED) is 0.134. The van der Waals surface area contributed by atoms with Gasteiger partial charge in [0, 0.05) is 12.5 Å². The van der Waals surface area contributed by atoms with E-state index >= 15 is 0 Å². The molecule has 0 unspecified atom stereocenters. The molecule has 0 aliphatic carbocycles. The number of carbonyl (C=O) groups is 3. The molecule has 0 radical (unpaired) electrons. The summed E-state index contributed by atoms with van der Waals surface area (Å²) in [6, 6.07) is 10.9. The van der Waals surface area contributed by atoms with E-state index in [-0.39, 0.29) is 22.2 Å². The van der Waals surface area contributed by atoms with E-state index in [9.17, 15) is 19.5 Å². The van der Waals surface area contributed by atoms with Gasteiger partial charge in [0.1, 0.15) is 24.7 Å². The number of thiazole rings is 1. The van der Waals surface area contributed by atoms with Gasteiger partial charge in [-0.25, -0.2) is 4.98 Å². The maximum Gasteiger partial charge on any atom is 0.301 e. The van der Waals surface area contributed by atoms with Gasteiger partial charge in [0.2, 0.25) is 0 Å². The van der Waals surface area contributed by atoms with E-state index in [1.54, 1.807) is 49.4 Å². The number of unbranched alkanes of at least 4 members (excludes halogenated alkanes) is 1. The van der Waals surface area contributed by atoms with Crippen molar-refractivity contribution in [1.82, 2.24) is 4.98 Å². The van der Waals surface area contributed by atoms with Crippen molar-refractivity contribution in [2.75, 3.05) is 24.7 Å². The van der Waals surface area contributed by atoms with Gasteiger partial charge in [0.25, 0.3) is 5.78 Å². The second-order valence-electron chi connectivity index (χ2n) is 9.27. The third-order valence-corrected chi connectivity index (χ3v) is 7.77. The van der Waals surface area contributed by atoms with E-state index in [4.69, 9.17) is 14.2 Å². The van der Waals surface area contributed by atoms with Crippen LogP contribution < -0.4 is 19.1 Å². The molecule has 2 aliphatic rings. The van der Waals surface area contributed by atoms with Gasteiger partial charge in [-0.1, -0.05) is 36.8 Å². The molecule has 1 aromatic heterocycles. The fraction of sp³-hybridized carbons (Fsp3) is 0.310. The number of rotatable bonds is 8. The van der Waals surface area contributed by atoms with Crippen LogP contribution in [0, 0.1) is 6.92 Å². The summed E-state index contributed by atoms with van der Waals surface area (Å²) in [5.74, 6) is -0.708. The van der Waals surface area contributed by atoms with Crippen LogP contribution in [-0.4, -0.2) is 47.4 Å². The lowest BCUT2D eigenvalue weighted by atomic mass is 9.95. The average Bonchev–Trinajstić information content (AvgIpc) is 3.45. The number of benzene rings is 2. The fourth-order valence-corrected chi connectivity index (χ4v) is 5.60. The highest BCUT2D eigenvalue weighted by atomic mass is 32.1. The van der Waals surface area contributed by atoms with E-state index in [0.717, 1.165) is 24.2 Å². The summed E-state index contributed by atoms with van der Waals surface area (Å²) in [7, 11) is 0. The first-order valence-electron chi connectivity index (χ1n) is 12.7. The molecule has 39 heavy (non-hydrogen) atoms. The zero-order valence-electron chi connectivity index (χ0n) is 21.9. The molecular formula is C29H28N2O7S. The summed E-state index contributed by atoms with van der Waals surface area (Å²) in [5, 5.41) is 11.7. The Balaban J connectivity index is 1.66. The molecule has 1 atom stereocenters. The third-order valence-electron chi connectivity index (χ3n) is 6.51. The molecule has 1 N–H and O–H groups in total. The molecule has 0 saturated carbocycles. The Bertz CT molecular complexity index is 1490. The van der Waals surface area contributed by atoms with E-state index in [0.29, 0.717) is 58.8 Å². The predicted molar refractivity (Wildman–Crippen MR) is 146 cm³/mol. The Labute approximate surface area is 229 Å². The highest BCUT2D eigenvalue weighted by Crippen LogP contribution is 2.45. The van der Waals surface area contributed by atoms with E-state index in [1.165, 1.54) is 11.8 Å². The minimum atomic E-state index is -1.00. The average molecular weight is 549 g/mol. The second-order valence-corrected chi connectivity index (χ2v) is 10.2. The Morgan fingerprint density at radius 1 is 1.15 bits per heavy atom. The standard InChI is InChI=1S/C29H28N2O7S/c1-4-5-11-36-20-8-6-7-18(14-20)24-23(25(33)19-9-10-21-22(15-19)38-13-12-37-21)26(34)28(35)31(24)29-30-16(2)27(39-29)17(3)32/h6-10,14-15,24,33H,4-5,11-13H2,1-3H3/b25-23+/t24-/m1/s1. The lowest BCUT2D eigenvalue weighted by Crippen LogP contribution is -2.29. The van der Waals surface area contributed by atoms with Crippen molar-refractivity contribution in [2.24, 2.45) is 0 Å². The number of anilines is 1. The van der Waals surface area contributed by atoms with E-state index in [2.05, 4.69) is 11.9 Å². The SMILES string of the molecule is CCCCOc1cccc([C@@H]2/C(=C(\O)c3ccc4c(c3)OCCO4)C(=O)C(=O)N2c2nc(C)c(C(C)=O)s2)c1. The fourth-order valence-electron chi connectivity index (χ4n) is 4.61. The summed E-state index contributed by atoms with van der Waals surface area (Å²) in [6.45, 7) is 6.46. The van der Waals surface area contributed by atoms with Crippen LogP contribution in [0.5, 0.6) is 17.2 Å². The van der Waals surface area contributed by atoms with Crippen LogP contribution in [0.15, 0.2) is 48.0 Å². The van der Waals surface area contributed by atoms with Crippen molar-refractivity contribution >= 4 is 39.7 Å². The Morgan fingerprint density at radius 2 is 1.92 bits per heavy atom. The lowest BCUT2D eigenvalue weighted by molar-refractivity contribution is -0.132. The van der Waals surface area contributed by atoms with Gasteiger partial charge in [0.15, 0.2) is 22.4 Å². The van der Waals surface area contributed by atoms with Gasteiger partial charge in [-0.05, 0) is 49.2 Å². The molecule has 3 heterocycles. The molecule has 5 rings (SSSR count). The summed E-state index contributed by atoms with van der Waals surface area (Å²) < 4.78 is 17.1. The van der Waals surface area contributed by atoms with Crippen molar-refractivity contribution in [3.63, 3.8) is 0 Å². The molecule has 2 aromatic carbocycles. The summed E-state index contributed by atoms with van der Waals surface area (Å²) in [6.07, 6.45) is 1.84. The van der Waals surface area contributed by atoms with Crippen molar-refractivity contribution in [1.29, 1.82) is 0 Å². The minimum Gasteiger partial charge on any atom is -0.507 e. The lowest BCUT2D eigenvalue weighted by Gasteiger charge is -2.24. The largest absolute Gasteiger partial charge is 0.507 e. The summed E-state index contributed by atoms with van der Waals surface area (Å²) in [4.78, 5) is 45.3. The highest BCUT2D eigenvalue weighted by molar-refractivity contribution is 7.18. The van der Waals surface area contributed by atoms with Crippen LogP contribution in [0.1, 0.15) is 59.2 Å². The van der Waals surface area contributed by atoms with Crippen LogP contribution >= 0.6 is 11.3 Å². The Morgan fingerprint density at radius 3 is 2.64 bits per heavy atom.